The molecular weight excluding hydrogens is 284 g/mol. The van der Waals surface area contributed by atoms with Gasteiger partial charge < -0.3 is 14.6 Å². The second-order valence-corrected chi connectivity index (χ2v) is 6.15. The van der Waals surface area contributed by atoms with Crippen LogP contribution in [0.4, 0.5) is 0 Å². The van der Waals surface area contributed by atoms with Crippen molar-refractivity contribution in [1.82, 2.24) is 0 Å². The van der Waals surface area contributed by atoms with Gasteiger partial charge in [-0.2, -0.15) is 0 Å². The lowest BCUT2D eigenvalue weighted by molar-refractivity contribution is -0.160. The molecule has 0 radical (unpaired) electrons. The van der Waals surface area contributed by atoms with Crippen molar-refractivity contribution in [2.24, 2.45) is 5.92 Å². The summed E-state index contributed by atoms with van der Waals surface area (Å²) in [6.45, 7) is 5.98. The molecule has 1 aromatic rings. The Balaban J connectivity index is 2.35. The quantitative estimate of drug-likeness (QED) is 0.590. The van der Waals surface area contributed by atoms with Gasteiger partial charge in [0, 0.05) is 6.61 Å². The first kappa shape index (κ1) is 18.2. The Morgan fingerprint density at radius 2 is 1.82 bits per heavy atom. The van der Waals surface area contributed by atoms with Gasteiger partial charge in [-0.15, -0.1) is 0 Å². The van der Waals surface area contributed by atoms with Crippen LogP contribution in [0, 0.1) is 5.92 Å². The number of hydrogen-bond acceptors (Lipinski definition) is 4. The van der Waals surface area contributed by atoms with Crippen molar-refractivity contribution in [3.63, 3.8) is 0 Å². The van der Waals surface area contributed by atoms with Gasteiger partial charge >= 0.3 is 11.9 Å². The van der Waals surface area contributed by atoms with Crippen LogP contribution < -0.4 is 0 Å². The van der Waals surface area contributed by atoms with Crippen molar-refractivity contribution >= 4 is 11.9 Å². The van der Waals surface area contributed by atoms with E-state index in [1.165, 1.54) is 0 Å². The monoisotopic (exact) mass is 308 g/mol. The lowest BCUT2D eigenvalue weighted by atomic mass is 10.0. The highest BCUT2D eigenvalue weighted by Crippen LogP contribution is 2.15. The van der Waals surface area contributed by atoms with E-state index in [0.717, 1.165) is 5.56 Å². The molecule has 0 aliphatic rings. The number of carbonyl (C=O) groups is 2. The summed E-state index contributed by atoms with van der Waals surface area (Å²) in [7, 11) is 0. The van der Waals surface area contributed by atoms with Crippen LogP contribution in [0.15, 0.2) is 30.3 Å². The normalized spacial score (nSPS) is 12.7. The first-order valence-electron chi connectivity index (χ1n) is 7.34. The van der Waals surface area contributed by atoms with Crippen LogP contribution in [-0.4, -0.2) is 29.3 Å². The fraction of sp³-hybridized carbons (Fsp3) is 0.529. The van der Waals surface area contributed by atoms with Gasteiger partial charge in [-0.1, -0.05) is 30.3 Å². The average Bonchev–Trinajstić information content (AvgIpc) is 2.41. The smallest absolute Gasteiger partial charge is 0.307 e. The van der Waals surface area contributed by atoms with E-state index in [-0.39, 0.29) is 19.4 Å². The highest BCUT2D eigenvalue weighted by molar-refractivity contribution is 5.78. The maximum Gasteiger partial charge on any atom is 0.307 e. The van der Waals surface area contributed by atoms with Crippen molar-refractivity contribution in [2.75, 3.05) is 6.61 Å². The van der Waals surface area contributed by atoms with Crippen LogP contribution in [0.25, 0.3) is 0 Å². The molecule has 1 N–H and O–H groups in total. The molecule has 1 rings (SSSR count). The molecule has 0 fully saturated rings. The van der Waals surface area contributed by atoms with Gasteiger partial charge in [0.15, 0.2) is 0 Å². The molecule has 0 heterocycles. The summed E-state index contributed by atoms with van der Waals surface area (Å²) in [6.07, 6.45) is 0.142. The minimum atomic E-state index is -1.01. The Bertz CT molecular complexity index is 476. The Kier molecular flexibility index (Phi) is 7.05. The number of ether oxygens (including phenoxy) is 2. The molecule has 22 heavy (non-hydrogen) atoms. The third-order valence-corrected chi connectivity index (χ3v) is 2.90. The van der Waals surface area contributed by atoms with E-state index in [1.54, 1.807) is 20.8 Å². The van der Waals surface area contributed by atoms with Gasteiger partial charge in [-0.05, 0) is 32.8 Å². The van der Waals surface area contributed by atoms with Gasteiger partial charge in [0.25, 0.3) is 0 Å². The summed E-state index contributed by atoms with van der Waals surface area (Å²) in [5.74, 6) is -2.29. The summed E-state index contributed by atoms with van der Waals surface area (Å²) >= 11 is 0. The van der Waals surface area contributed by atoms with Crippen molar-refractivity contribution in [3.05, 3.63) is 35.9 Å². The summed E-state index contributed by atoms with van der Waals surface area (Å²) in [5, 5.41) is 9.17. The van der Waals surface area contributed by atoms with E-state index in [9.17, 15) is 14.7 Å². The third kappa shape index (κ3) is 7.78. The molecule has 122 valence electrons. The Morgan fingerprint density at radius 3 is 2.36 bits per heavy atom. The molecular formula is C17H24O5. The average molecular weight is 308 g/mol. The van der Waals surface area contributed by atoms with E-state index in [4.69, 9.17) is 9.47 Å². The number of aliphatic carboxylic acids is 1. The predicted octanol–water partition coefficient (Wildman–Crippen LogP) is 3.03. The van der Waals surface area contributed by atoms with Crippen LogP contribution in [0.2, 0.25) is 0 Å². The van der Waals surface area contributed by atoms with E-state index in [2.05, 4.69) is 0 Å². The largest absolute Gasteiger partial charge is 0.481 e. The van der Waals surface area contributed by atoms with Gasteiger partial charge in [0.2, 0.25) is 0 Å². The minimum Gasteiger partial charge on any atom is -0.481 e. The first-order valence-corrected chi connectivity index (χ1v) is 7.34. The van der Waals surface area contributed by atoms with Crippen LogP contribution in [-0.2, 0) is 25.7 Å². The molecule has 0 saturated heterocycles. The fourth-order valence-corrected chi connectivity index (χ4v) is 1.89. The second kappa shape index (κ2) is 8.54. The number of carboxylic acid groups (broad SMARTS) is 1. The minimum absolute atomic E-state index is 0.138. The number of carbonyl (C=O) groups excluding carboxylic acids is 1. The molecule has 1 aromatic carbocycles. The molecule has 5 heteroatoms. The maximum atomic E-state index is 11.7. The van der Waals surface area contributed by atoms with E-state index in [0.29, 0.717) is 6.61 Å². The summed E-state index contributed by atoms with van der Waals surface area (Å²) in [4.78, 5) is 22.9. The maximum absolute atomic E-state index is 11.7. The zero-order valence-electron chi connectivity index (χ0n) is 13.4. The topological polar surface area (TPSA) is 72.8 Å². The molecule has 0 saturated carbocycles. The number of rotatable bonds is 8. The van der Waals surface area contributed by atoms with Crippen molar-refractivity contribution < 1.29 is 24.2 Å². The highest BCUT2D eigenvalue weighted by atomic mass is 16.6. The van der Waals surface area contributed by atoms with Crippen LogP contribution in [0.5, 0.6) is 0 Å². The Morgan fingerprint density at radius 1 is 1.18 bits per heavy atom. The van der Waals surface area contributed by atoms with Gasteiger partial charge in [-0.25, -0.2) is 0 Å². The lowest BCUT2D eigenvalue weighted by Gasteiger charge is -2.21. The van der Waals surface area contributed by atoms with E-state index >= 15 is 0 Å². The fourth-order valence-electron chi connectivity index (χ4n) is 1.89. The van der Waals surface area contributed by atoms with E-state index < -0.39 is 23.5 Å². The third-order valence-electron chi connectivity index (χ3n) is 2.90. The van der Waals surface area contributed by atoms with Crippen molar-refractivity contribution in [3.8, 4) is 0 Å². The predicted molar refractivity (Wildman–Crippen MR) is 82.3 cm³/mol. The standard InChI is InChI=1S/C17H24O5/c1-17(2,3)22-15(18)11-14(16(19)20)9-10-21-12-13-7-5-4-6-8-13/h4-8,14H,9-12H2,1-3H3,(H,19,20)/t14-/m1/s1. The second-order valence-electron chi connectivity index (χ2n) is 6.15. The van der Waals surface area contributed by atoms with Gasteiger partial charge in [-0.3, -0.25) is 9.59 Å². The van der Waals surface area contributed by atoms with Crippen LogP contribution in [0.1, 0.15) is 39.2 Å². The van der Waals surface area contributed by atoms with Crippen molar-refractivity contribution in [1.29, 1.82) is 0 Å². The molecule has 0 unspecified atom stereocenters. The van der Waals surface area contributed by atoms with E-state index in [1.807, 2.05) is 30.3 Å². The molecule has 0 aromatic heterocycles. The van der Waals surface area contributed by atoms with Crippen LogP contribution >= 0.6 is 0 Å². The van der Waals surface area contributed by atoms with Crippen molar-refractivity contribution in [2.45, 2.75) is 45.8 Å². The lowest BCUT2D eigenvalue weighted by Crippen LogP contribution is -2.27. The molecule has 5 nitrogen and oxygen atoms in total. The Hall–Kier alpha value is -1.88. The number of carboxylic acids is 1. The molecule has 0 amide bonds. The first-order chi connectivity index (χ1) is 10.3. The van der Waals surface area contributed by atoms with Gasteiger partial charge in [0.05, 0.1) is 18.9 Å². The number of benzene rings is 1. The molecule has 0 bridgehead atoms. The zero-order chi connectivity index (χ0) is 16.6. The number of esters is 1. The number of hydrogen-bond donors (Lipinski definition) is 1. The molecule has 0 aliphatic carbocycles. The SMILES string of the molecule is CC(C)(C)OC(=O)C[C@@H](CCOCc1ccccc1)C(=O)O. The molecule has 0 aliphatic heterocycles. The zero-order valence-corrected chi connectivity index (χ0v) is 13.4. The summed E-state index contributed by atoms with van der Waals surface area (Å²) in [6, 6.07) is 9.64. The van der Waals surface area contributed by atoms with Crippen LogP contribution in [0.3, 0.4) is 0 Å². The Labute approximate surface area is 131 Å². The highest BCUT2D eigenvalue weighted by Gasteiger charge is 2.24. The molecule has 0 spiro atoms. The summed E-state index contributed by atoms with van der Waals surface area (Å²) < 4.78 is 10.6. The molecule has 1 atom stereocenters. The van der Waals surface area contributed by atoms with Gasteiger partial charge in [0.1, 0.15) is 5.60 Å². The summed E-state index contributed by atoms with van der Waals surface area (Å²) in [5.41, 5.74) is 0.422.